The minimum absolute atomic E-state index is 0.0151. The van der Waals surface area contributed by atoms with Crippen LogP contribution in [0.5, 0.6) is 0 Å². The standard InChI is InChI=1S/C31H22F2N6O4S/c1-3-44(41,42)38-29-19(13-20-26(30(40)34-2)28(43-31(20)37-29)16-7-9-17(32)10-8-16)22-11-12-23-27(36-22)25-14-18-21(33)5-4-6-24(18)39(25)15-35-23/h4-15H,3H2,1-2H3,(H,34,40)(H,37,38). The normalized spacial score (nSPS) is 12.0. The van der Waals surface area contributed by atoms with E-state index in [4.69, 9.17) is 9.40 Å². The Morgan fingerprint density at radius 2 is 1.77 bits per heavy atom. The Labute approximate surface area is 248 Å². The van der Waals surface area contributed by atoms with Gasteiger partial charge in [-0.05, 0) is 67.6 Å². The van der Waals surface area contributed by atoms with Gasteiger partial charge in [0.25, 0.3) is 5.91 Å². The number of fused-ring (bicyclic) bond motifs is 6. The second-order valence-corrected chi connectivity index (χ2v) is 12.0. The van der Waals surface area contributed by atoms with E-state index in [1.54, 1.807) is 47.1 Å². The number of pyridine rings is 2. The van der Waals surface area contributed by atoms with Gasteiger partial charge in [-0.15, -0.1) is 0 Å². The molecular formula is C31H22F2N6O4S. The molecule has 5 aromatic heterocycles. The average molecular weight is 613 g/mol. The van der Waals surface area contributed by atoms with Crippen LogP contribution in [0.25, 0.3) is 61.1 Å². The quantitative estimate of drug-likeness (QED) is 0.239. The van der Waals surface area contributed by atoms with E-state index >= 15 is 0 Å². The van der Waals surface area contributed by atoms with Gasteiger partial charge in [0, 0.05) is 23.6 Å². The van der Waals surface area contributed by atoms with Gasteiger partial charge in [0.15, 0.2) is 5.82 Å². The van der Waals surface area contributed by atoms with Crippen LogP contribution in [0.2, 0.25) is 0 Å². The van der Waals surface area contributed by atoms with E-state index in [-0.39, 0.29) is 45.4 Å². The van der Waals surface area contributed by atoms with E-state index in [9.17, 15) is 22.0 Å². The van der Waals surface area contributed by atoms with Gasteiger partial charge in [0.1, 0.15) is 29.2 Å². The number of hydrogen-bond donors (Lipinski definition) is 2. The topological polar surface area (TPSA) is 131 Å². The van der Waals surface area contributed by atoms with E-state index in [1.807, 2.05) is 0 Å². The summed E-state index contributed by atoms with van der Waals surface area (Å²) in [5, 5.41) is 3.28. The molecule has 0 saturated carbocycles. The van der Waals surface area contributed by atoms with E-state index in [0.717, 1.165) is 0 Å². The molecule has 10 nitrogen and oxygen atoms in total. The van der Waals surface area contributed by atoms with Crippen LogP contribution in [0.15, 0.2) is 77.5 Å². The van der Waals surface area contributed by atoms with E-state index in [2.05, 4.69) is 20.0 Å². The highest BCUT2D eigenvalue weighted by molar-refractivity contribution is 7.92. The first-order chi connectivity index (χ1) is 21.2. The minimum Gasteiger partial charge on any atom is -0.437 e. The number of rotatable bonds is 6. The summed E-state index contributed by atoms with van der Waals surface area (Å²) in [5.41, 5.74) is 3.29. The Morgan fingerprint density at radius 1 is 0.977 bits per heavy atom. The molecular weight excluding hydrogens is 590 g/mol. The highest BCUT2D eigenvalue weighted by atomic mass is 32.2. The van der Waals surface area contributed by atoms with E-state index < -0.39 is 21.7 Å². The molecule has 7 rings (SSSR count). The molecule has 0 aliphatic carbocycles. The Kier molecular flexibility index (Phi) is 6.28. The molecule has 1 amide bonds. The van der Waals surface area contributed by atoms with Crippen LogP contribution in [-0.4, -0.2) is 46.5 Å². The van der Waals surface area contributed by atoms with Crippen molar-refractivity contribution < 1.29 is 26.4 Å². The van der Waals surface area contributed by atoms with Gasteiger partial charge in [0.2, 0.25) is 15.7 Å². The maximum Gasteiger partial charge on any atom is 0.255 e. The second kappa shape index (κ2) is 10.1. The van der Waals surface area contributed by atoms with Crippen molar-refractivity contribution >= 4 is 60.3 Å². The van der Waals surface area contributed by atoms with Crippen LogP contribution < -0.4 is 10.0 Å². The van der Waals surface area contributed by atoms with Gasteiger partial charge in [-0.2, -0.15) is 4.98 Å². The highest BCUT2D eigenvalue weighted by Gasteiger charge is 2.26. The first-order valence-corrected chi connectivity index (χ1v) is 15.1. The summed E-state index contributed by atoms with van der Waals surface area (Å²) in [7, 11) is -2.35. The third-order valence-electron chi connectivity index (χ3n) is 7.41. The molecule has 0 fully saturated rings. The van der Waals surface area contributed by atoms with Crippen LogP contribution in [0.1, 0.15) is 17.3 Å². The van der Waals surface area contributed by atoms with Gasteiger partial charge in [0.05, 0.1) is 38.9 Å². The largest absolute Gasteiger partial charge is 0.437 e. The van der Waals surface area contributed by atoms with Gasteiger partial charge >= 0.3 is 0 Å². The number of amides is 1. The molecule has 7 aromatic rings. The zero-order chi connectivity index (χ0) is 30.7. The molecule has 0 aliphatic heterocycles. The maximum atomic E-state index is 14.7. The second-order valence-electron chi connectivity index (χ2n) is 10.0. The fourth-order valence-corrected chi connectivity index (χ4v) is 5.80. The van der Waals surface area contributed by atoms with Crippen LogP contribution in [0.3, 0.4) is 0 Å². The molecule has 44 heavy (non-hydrogen) atoms. The SMILES string of the molecule is CCS(=O)(=O)Nc1nc2oc(-c3ccc(F)cc3)c(C(=O)NC)c2cc1-c1ccc2ncn3c4cccc(F)c4cc3c2n1. The lowest BCUT2D eigenvalue weighted by molar-refractivity contribution is 0.0964. The lowest BCUT2D eigenvalue weighted by Gasteiger charge is -2.12. The third kappa shape index (κ3) is 4.40. The fourth-order valence-electron chi connectivity index (χ4n) is 5.21. The number of furan rings is 1. The van der Waals surface area contributed by atoms with Gasteiger partial charge in [-0.25, -0.2) is 27.2 Å². The number of benzene rings is 2. The molecule has 0 saturated heterocycles. The summed E-state index contributed by atoms with van der Waals surface area (Å²) < 4.78 is 64.0. The summed E-state index contributed by atoms with van der Waals surface area (Å²) in [5.74, 6) is -1.51. The number of nitrogens with zero attached hydrogens (tertiary/aromatic N) is 4. The lowest BCUT2D eigenvalue weighted by atomic mass is 10.0. The van der Waals surface area contributed by atoms with Gasteiger partial charge in [-0.1, -0.05) is 6.07 Å². The minimum atomic E-state index is -3.81. The van der Waals surface area contributed by atoms with Crippen LogP contribution in [0, 0.1) is 11.6 Å². The Bertz CT molecular complexity index is 2400. The predicted molar refractivity (Wildman–Crippen MR) is 163 cm³/mol. The summed E-state index contributed by atoms with van der Waals surface area (Å²) in [6, 6.07) is 16.8. The molecule has 0 aliphatic rings. The van der Waals surface area contributed by atoms with Gasteiger partial charge in [-0.3, -0.25) is 13.9 Å². The van der Waals surface area contributed by atoms with Crippen molar-refractivity contribution in [3.63, 3.8) is 0 Å². The van der Waals surface area contributed by atoms with E-state index in [1.165, 1.54) is 44.3 Å². The summed E-state index contributed by atoms with van der Waals surface area (Å²) in [6.45, 7) is 1.48. The molecule has 0 unspecified atom stereocenters. The predicted octanol–water partition coefficient (Wildman–Crippen LogP) is 5.91. The van der Waals surface area contributed by atoms with Crippen molar-refractivity contribution in [1.82, 2.24) is 24.7 Å². The smallest absolute Gasteiger partial charge is 0.255 e. The fraction of sp³-hybridized carbons (Fsp3) is 0.0968. The first-order valence-electron chi connectivity index (χ1n) is 13.5. The number of sulfonamides is 1. The molecule has 0 bridgehead atoms. The van der Waals surface area contributed by atoms with Crippen molar-refractivity contribution in [1.29, 1.82) is 0 Å². The van der Waals surface area contributed by atoms with Crippen molar-refractivity contribution in [3.8, 4) is 22.6 Å². The molecule has 13 heteroatoms. The molecule has 5 heterocycles. The number of hydrogen-bond acceptors (Lipinski definition) is 7. The van der Waals surface area contributed by atoms with Crippen molar-refractivity contribution in [2.24, 2.45) is 0 Å². The zero-order valence-electron chi connectivity index (χ0n) is 23.2. The average Bonchev–Trinajstić information content (AvgIpc) is 3.60. The third-order valence-corrected chi connectivity index (χ3v) is 8.67. The highest BCUT2D eigenvalue weighted by Crippen LogP contribution is 2.38. The molecule has 0 atom stereocenters. The summed E-state index contributed by atoms with van der Waals surface area (Å²) >= 11 is 0. The number of aromatic nitrogens is 4. The van der Waals surface area contributed by atoms with Crippen molar-refractivity contribution in [2.45, 2.75) is 6.92 Å². The molecule has 0 spiro atoms. The number of nitrogens with one attached hydrogen (secondary N) is 2. The lowest BCUT2D eigenvalue weighted by Crippen LogP contribution is -2.18. The zero-order valence-corrected chi connectivity index (χ0v) is 24.0. The van der Waals surface area contributed by atoms with Crippen LogP contribution >= 0.6 is 0 Å². The van der Waals surface area contributed by atoms with Crippen molar-refractivity contribution in [2.75, 3.05) is 17.5 Å². The number of carbonyl (C=O) groups excluding carboxylic acids is 1. The number of carbonyl (C=O) groups is 1. The van der Waals surface area contributed by atoms with Crippen LogP contribution in [0.4, 0.5) is 14.6 Å². The number of anilines is 1. The Hall–Kier alpha value is -5.43. The number of halogens is 2. The first kappa shape index (κ1) is 27.4. The Balaban J connectivity index is 1.52. The maximum absolute atomic E-state index is 14.7. The van der Waals surface area contributed by atoms with Gasteiger partial charge < -0.3 is 9.73 Å². The van der Waals surface area contributed by atoms with E-state index in [0.29, 0.717) is 38.7 Å². The molecule has 2 N–H and O–H groups in total. The summed E-state index contributed by atoms with van der Waals surface area (Å²) in [6.07, 6.45) is 1.59. The monoisotopic (exact) mass is 612 g/mol. The van der Waals surface area contributed by atoms with Crippen molar-refractivity contribution in [3.05, 3.63) is 90.3 Å². The summed E-state index contributed by atoms with van der Waals surface area (Å²) in [4.78, 5) is 27.0. The molecule has 2 aromatic carbocycles. The Morgan fingerprint density at radius 3 is 2.52 bits per heavy atom. The molecule has 220 valence electrons. The van der Waals surface area contributed by atoms with Crippen LogP contribution in [-0.2, 0) is 10.0 Å². The molecule has 0 radical (unpaired) electrons.